The Morgan fingerprint density at radius 2 is 1.73 bits per heavy atom. The number of hydrogen-bond acceptors (Lipinski definition) is 3. The highest BCUT2D eigenvalue weighted by atomic mass is 15.4. The third-order valence-electron chi connectivity index (χ3n) is 1.95. The average molecular weight is 156 g/mol. The quantitative estimate of drug-likeness (QED) is 0.575. The fourth-order valence-electron chi connectivity index (χ4n) is 1.37. The van der Waals surface area contributed by atoms with Gasteiger partial charge in [-0.2, -0.15) is 0 Å². The molecule has 0 saturated carbocycles. The van der Waals surface area contributed by atoms with Gasteiger partial charge in [0.05, 0.1) is 0 Å². The first-order chi connectivity index (χ1) is 5.18. The first-order valence-corrected chi connectivity index (χ1v) is 4.19. The van der Waals surface area contributed by atoms with E-state index in [1.165, 1.54) is 5.92 Å². The largest absolute Gasteiger partial charge is 0.300 e. The van der Waals surface area contributed by atoms with Crippen LogP contribution in [0.2, 0.25) is 0 Å². The van der Waals surface area contributed by atoms with Crippen molar-refractivity contribution in [1.82, 2.24) is 9.91 Å². The molecule has 1 heterocycles. The van der Waals surface area contributed by atoms with Crippen LogP contribution < -0.4 is 5.84 Å². The Labute approximate surface area is 69.1 Å². The Bertz CT molecular complexity index is 106. The molecule has 0 aromatic carbocycles. The van der Waals surface area contributed by atoms with Crippen molar-refractivity contribution in [3.8, 4) is 0 Å². The van der Waals surface area contributed by atoms with Gasteiger partial charge in [0, 0.05) is 32.7 Å². The van der Waals surface area contributed by atoms with Crippen LogP contribution in [0.5, 0.6) is 0 Å². The lowest BCUT2D eigenvalue weighted by Crippen LogP contribution is -2.49. The fraction of sp³-hybridized carbons (Fsp3) is 0.875. The summed E-state index contributed by atoms with van der Waals surface area (Å²) in [7, 11) is 0. The first-order valence-electron chi connectivity index (χ1n) is 4.19. The van der Waals surface area contributed by atoms with Gasteiger partial charge in [0.25, 0.3) is 0 Å². The van der Waals surface area contributed by atoms with Gasteiger partial charge in [-0.3, -0.25) is 5.84 Å². The number of hydrogen-bond donors (Lipinski definition) is 1. The number of rotatable bonds is 2. The molecule has 1 saturated heterocycles. The second kappa shape index (κ2) is 4.04. The van der Waals surface area contributed by atoms with E-state index in [0.29, 0.717) is 0 Å². The maximum absolute atomic E-state index is 5.63. The molecule has 0 bridgehead atoms. The van der Waals surface area contributed by atoms with Gasteiger partial charge in [0.1, 0.15) is 0 Å². The van der Waals surface area contributed by atoms with Crippen molar-refractivity contribution in [1.29, 1.82) is 0 Å². The highest BCUT2D eigenvalue weighted by molar-refractivity contribution is 4.83. The lowest BCUT2D eigenvalue weighted by Gasteiger charge is -2.32. The van der Waals surface area contributed by atoms with Gasteiger partial charge in [-0.1, -0.05) is 13.8 Å². The summed E-state index contributed by atoms with van der Waals surface area (Å²) in [6.07, 6.45) is 0. The summed E-state index contributed by atoms with van der Waals surface area (Å²) in [6.45, 7) is 9.72. The van der Waals surface area contributed by atoms with Crippen molar-refractivity contribution in [3.63, 3.8) is 0 Å². The van der Waals surface area contributed by atoms with E-state index in [4.69, 9.17) is 5.84 Å². The summed E-state index contributed by atoms with van der Waals surface area (Å²) in [4.78, 5) is 2.44. The number of hydrazine groups is 1. The minimum atomic E-state index is 1.01. The Morgan fingerprint density at radius 1 is 1.18 bits per heavy atom. The monoisotopic (exact) mass is 156 g/mol. The van der Waals surface area contributed by atoms with Gasteiger partial charge in [-0.25, -0.2) is 5.01 Å². The molecule has 1 aliphatic rings. The lowest BCUT2D eigenvalue weighted by molar-refractivity contribution is 0.138. The maximum Gasteiger partial charge on any atom is 0.0257 e. The van der Waals surface area contributed by atoms with Gasteiger partial charge in [-0.15, -0.1) is 0 Å². The summed E-state index contributed by atoms with van der Waals surface area (Å²) >= 11 is 0. The first kappa shape index (κ1) is 8.97. The third-order valence-corrected chi connectivity index (χ3v) is 1.95. The number of piperazine rings is 1. The zero-order chi connectivity index (χ0) is 8.27. The zero-order valence-corrected chi connectivity index (χ0v) is 7.51. The van der Waals surface area contributed by atoms with Crippen LogP contribution in [-0.4, -0.2) is 42.6 Å². The molecular formula is C8H18N3. The van der Waals surface area contributed by atoms with E-state index in [1.807, 2.05) is 5.01 Å². The van der Waals surface area contributed by atoms with Gasteiger partial charge in [-0.05, 0) is 5.92 Å². The van der Waals surface area contributed by atoms with E-state index < -0.39 is 0 Å². The minimum Gasteiger partial charge on any atom is -0.300 e. The number of nitrogens with two attached hydrogens (primary N) is 1. The van der Waals surface area contributed by atoms with Crippen molar-refractivity contribution in [2.45, 2.75) is 13.8 Å². The Balaban J connectivity index is 2.17. The van der Waals surface area contributed by atoms with E-state index in [0.717, 1.165) is 32.7 Å². The molecule has 0 unspecified atom stereocenters. The predicted molar refractivity (Wildman–Crippen MR) is 46.8 cm³/mol. The van der Waals surface area contributed by atoms with Crippen LogP contribution in [0.3, 0.4) is 0 Å². The molecule has 1 rings (SSSR count). The molecule has 0 aromatic rings. The smallest absolute Gasteiger partial charge is 0.0257 e. The van der Waals surface area contributed by atoms with Crippen LogP contribution in [0.25, 0.3) is 0 Å². The SMILES string of the molecule is C[C](C)CN1CCN(N)CC1. The molecule has 3 heteroatoms. The van der Waals surface area contributed by atoms with E-state index in [1.54, 1.807) is 0 Å². The van der Waals surface area contributed by atoms with E-state index in [2.05, 4.69) is 18.7 Å². The van der Waals surface area contributed by atoms with E-state index in [9.17, 15) is 0 Å². The highest BCUT2D eigenvalue weighted by Gasteiger charge is 2.14. The molecule has 2 N–H and O–H groups in total. The van der Waals surface area contributed by atoms with Gasteiger partial charge >= 0.3 is 0 Å². The fourth-order valence-corrected chi connectivity index (χ4v) is 1.37. The molecule has 0 aliphatic carbocycles. The Morgan fingerprint density at radius 3 is 2.18 bits per heavy atom. The standard InChI is InChI=1S/C8H18N3/c1-8(2)7-10-3-5-11(9)6-4-10/h3-7,9H2,1-2H3. The summed E-state index contributed by atoms with van der Waals surface area (Å²) in [6, 6.07) is 0. The van der Waals surface area contributed by atoms with Crippen LogP contribution in [0.1, 0.15) is 13.8 Å². The van der Waals surface area contributed by atoms with Crippen molar-refractivity contribution in [2.24, 2.45) is 5.84 Å². The normalized spacial score (nSPS) is 22.9. The van der Waals surface area contributed by atoms with Crippen LogP contribution in [0.4, 0.5) is 0 Å². The Kier molecular flexibility index (Phi) is 3.30. The van der Waals surface area contributed by atoms with Crippen molar-refractivity contribution < 1.29 is 0 Å². The summed E-state index contributed by atoms with van der Waals surface area (Å²) in [5, 5.41) is 1.89. The molecule has 0 aromatic heterocycles. The maximum atomic E-state index is 5.63. The van der Waals surface area contributed by atoms with Crippen LogP contribution in [0, 0.1) is 5.92 Å². The molecule has 11 heavy (non-hydrogen) atoms. The second-order valence-corrected chi connectivity index (χ2v) is 3.52. The van der Waals surface area contributed by atoms with Crippen LogP contribution in [-0.2, 0) is 0 Å². The molecule has 3 nitrogen and oxygen atoms in total. The molecule has 65 valence electrons. The summed E-state index contributed by atoms with van der Waals surface area (Å²) in [5.74, 6) is 7.11. The molecule has 1 aliphatic heterocycles. The van der Waals surface area contributed by atoms with Crippen LogP contribution >= 0.6 is 0 Å². The van der Waals surface area contributed by atoms with Gasteiger partial charge < -0.3 is 4.90 Å². The molecule has 0 atom stereocenters. The topological polar surface area (TPSA) is 32.5 Å². The molecule has 1 radical (unpaired) electrons. The third kappa shape index (κ3) is 3.18. The minimum absolute atomic E-state index is 1.01. The van der Waals surface area contributed by atoms with Crippen molar-refractivity contribution in [3.05, 3.63) is 5.92 Å². The number of nitrogens with zero attached hydrogens (tertiary/aromatic N) is 2. The van der Waals surface area contributed by atoms with Crippen molar-refractivity contribution in [2.75, 3.05) is 32.7 Å². The van der Waals surface area contributed by atoms with Crippen LogP contribution in [0.15, 0.2) is 0 Å². The lowest BCUT2D eigenvalue weighted by atomic mass is 10.2. The zero-order valence-electron chi connectivity index (χ0n) is 7.51. The average Bonchev–Trinajstić information content (AvgIpc) is 1.93. The molecular weight excluding hydrogens is 138 g/mol. The van der Waals surface area contributed by atoms with Crippen molar-refractivity contribution >= 4 is 0 Å². The molecule has 0 amide bonds. The van der Waals surface area contributed by atoms with Gasteiger partial charge in [0.15, 0.2) is 0 Å². The van der Waals surface area contributed by atoms with E-state index >= 15 is 0 Å². The molecule has 0 spiro atoms. The van der Waals surface area contributed by atoms with Gasteiger partial charge in [0.2, 0.25) is 0 Å². The predicted octanol–water partition coefficient (Wildman–Crippen LogP) is 0.0920. The summed E-state index contributed by atoms with van der Waals surface area (Å²) < 4.78 is 0. The Hall–Kier alpha value is -0.120. The van der Waals surface area contributed by atoms with E-state index in [-0.39, 0.29) is 0 Å². The summed E-state index contributed by atoms with van der Waals surface area (Å²) in [5.41, 5.74) is 0. The highest BCUT2D eigenvalue weighted by Crippen LogP contribution is 2.03. The second-order valence-electron chi connectivity index (χ2n) is 3.52. The molecule has 1 fully saturated rings.